The third-order valence-electron chi connectivity index (χ3n) is 2.87. The lowest BCUT2D eigenvalue weighted by Crippen LogP contribution is -2.41. The normalized spacial score (nSPS) is 13.1. The molecular weight excluding hydrogens is 198 g/mol. The van der Waals surface area contributed by atoms with Crippen LogP contribution in [0.5, 0.6) is 0 Å². The number of nitrogens with two attached hydrogens (primary N) is 2. The van der Waals surface area contributed by atoms with Crippen molar-refractivity contribution in [1.29, 1.82) is 0 Å². The highest BCUT2D eigenvalue weighted by Crippen LogP contribution is 2.07. The Kier molecular flexibility index (Phi) is 5.46. The van der Waals surface area contributed by atoms with Gasteiger partial charge in [-0.25, -0.2) is 0 Å². The topological polar surface area (TPSA) is 55.3 Å². The van der Waals surface area contributed by atoms with E-state index in [1.165, 1.54) is 11.1 Å². The van der Waals surface area contributed by atoms with E-state index in [2.05, 4.69) is 43.1 Å². The fourth-order valence-corrected chi connectivity index (χ4v) is 1.77. The Morgan fingerprint density at radius 2 is 2.00 bits per heavy atom. The molecule has 1 rings (SSSR count). The summed E-state index contributed by atoms with van der Waals surface area (Å²) in [6.45, 7) is 4.59. The van der Waals surface area contributed by atoms with Crippen molar-refractivity contribution in [3.05, 3.63) is 35.4 Å². The molecule has 0 saturated heterocycles. The SMILES string of the molecule is Cc1ccccc1CCN(C)CC(N)CN. The standard InChI is InChI=1S/C13H23N3/c1-11-5-3-4-6-12(11)7-8-16(2)10-13(15)9-14/h3-6,13H,7-10,14-15H2,1-2H3. The van der Waals surface area contributed by atoms with Crippen molar-refractivity contribution in [3.8, 4) is 0 Å². The lowest BCUT2D eigenvalue weighted by Gasteiger charge is -2.20. The Bertz CT molecular complexity index is 312. The minimum Gasteiger partial charge on any atom is -0.329 e. The molecule has 3 nitrogen and oxygen atoms in total. The number of nitrogens with zero attached hydrogens (tertiary/aromatic N) is 1. The molecule has 0 amide bonds. The molecule has 3 heteroatoms. The predicted octanol–water partition coefficient (Wildman–Crippen LogP) is 0.755. The molecule has 0 spiro atoms. The van der Waals surface area contributed by atoms with Gasteiger partial charge in [-0.2, -0.15) is 0 Å². The Balaban J connectivity index is 2.37. The molecule has 90 valence electrons. The van der Waals surface area contributed by atoms with Gasteiger partial charge in [0.2, 0.25) is 0 Å². The van der Waals surface area contributed by atoms with Crippen LogP contribution < -0.4 is 11.5 Å². The minimum atomic E-state index is 0.0851. The van der Waals surface area contributed by atoms with Gasteiger partial charge in [0.25, 0.3) is 0 Å². The van der Waals surface area contributed by atoms with Crippen molar-refractivity contribution in [3.63, 3.8) is 0 Å². The maximum absolute atomic E-state index is 5.81. The quantitative estimate of drug-likeness (QED) is 0.745. The molecular formula is C13H23N3. The maximum Gasteiger partial charge on any atom is 0.0292 e. The number of rotatable bonds is 6. The second kappa shape index (κ2) is 6.63. The molecule has 1 unspecified atom stereocenters. The first-order valence-corrected chi connectivity index (χ1v) is 5.82. The van der Waals surface area contributed by atoms with Crippen LogP contribution in [0.1, 0.15) is 11.1 Å². The van der Waals surface area contributed by atoms with Crippen molar-refractivity contribution in [2.75, 3.05) is 26.7 Å². The van der Waals surface area contributed by atoms with Crippen molar-refractivity contribution < 1.29 is 0 Å². The van der Waals surface area contributed by atoms with Crippen molar-refractivity contribution >= 4 is 0 Å². The Labute approximate surface area is 98.4 Å². The van der Waals surface area contributed by atoms with Gasteiger partial charge < -0.3 is 16.4 Å². The third-order valence-corrected chi connectivity index (χ3v) is 2.87. The number of aryl methyl sites for hydroxylation is 1. The second-order valence-electron chi connectivity index (χ2n) is 4.43. The lowest BCUT2D eigenvalue weighted by atomic mass is 10.1. The van der Waals surface area contributed by atoms with E-state index >= 15 is 0 Å². The molecule has 0 heterocycles. The van der Waals surface area contributed by atoms with Crippen molar-refractivity contribution in [2.45, 2.75) is 19.4 Å². The van der Waals surface area contributed by atoms with E-state index in [9.17, 15) is 0 Å². The van der Waals surface area contributed by atoms with Gasteiger partial charge in [-0.3, -0.25) is 0 Å². The molecule has 4 N–H and O–H groups in total. The van der Waals surface area contributed by atoms with Gasteiger partial charge in [0.1, 0.15) is 0 Å². The van der Waals surface area contributed by atoms with E-state index in [0.29, 0.717) is 6.54 Å². The summed E-state index contributed by atoms with van der Waals surface area (Å²) in [6.07, 6.45) is 1.07. The summed E-state index contributed by atoms with van der Waals surface area (Å²) < 4.78 is 0. The van der Waals surface area contributed by atoms with Crippen LogP contribution in [0.3, 0.4) is 0 Å². The van der Waals surface area contributed by atoms with Crippen molar-refractivity contribution in [1.82, 2.24) is 4.90 Å². The van der Waals surface area contributed by atoms with Gasteiger partial charge in [0.15, 0.2) is 0 Å². The van der Waals surface area contributed by atoms with Crippen molar-refractivity contribution in [2.24, 2.45) is 11.5 Å². The Hall–Kier alpha value is -0.900. The number of benzene rings is 1. The molecule has 0 radical (unpaired) electrons. The van der Waals surface area contributed by atoms with E-state index < -0.39 is 0 Å². The number of hydrogen-bond donors (Lipinski definition) is 2. The van der Waals surface area contributed by atoms with Crippen LogP contribution in [0.15, 0.2) is 24.3 Å². The van der Waals surface area contributed by atoms with E-state index in [4.69, 9.17) is 11.5 Å². The first-order valence-electron chi connectivity index (χ1n) is 5.82. The van der Waals surface area contributed by atoms with Crippen LogP contribution in [0.4, 0.5) is 0 Å². The largest absolute Gasteiger partial charge is 0.329 e. The summed E-state index contributed by atoms with van der Waals surface area (Å²) in [5.41, 5.74) is 14.1. The Morgan fingerprint density at radius 3 is 2.62 bits per heavy atom. The molecule has 0 aliphatic carbocycles. The van der Waals surface area contributed by atoms with Crippen LogP contribution in [0.25, 0.3) is 0 Å². The fraction of sp³-hybridized carbons (Fsp3) is 0.538. The maximum atomic E-state index is 5.81. The molecule has 1 aromatic carbocycles. The van der Waals surface area contributed by atoms with Gasteiger partial charge in [0, 0.05) is 25.7 Å². The molecule has 16 heavy (non-hydrogen) atoms. The third kappa shape index (κ3) is 4.31. The Morgan fingerprint density at radius 1 is 1.31 bits per heavy atom. The highest BCUT2D eigenvalue weighted by molar-refractivity contribution is 5.25. The molecule has 0 aliphatic rings. The van der Waals surface area contributed by atoms with Crippen LogP contribution in [0, 0.1) is 6.92 Å². The molecule has 0 bridgehead atoms. The zero-order valence-electron chi connectivity index (χ0n) is 10.3. The average molecular weight is 221 g/mol. The van der Waals surface area contributed by atoms with Gasteiger partial charge in [0.05, 0.1) is 0 Å². The van der Waals surface area contributed by atoms with Crippen LogP contribution in [-0.4, -0.2) is 37.6 Å². The van der Waals surface area contributed by atoms with Gasteiger partial charge in [-0.05, 0) is 31.5 Å². The van der Waals surface area contributed by atoms with Gasteiger partial charge in [-0.1, -0.05) is 24.3 Å². The smallest absolute Gasteiger partial charge is 0.0292 e. The average Bonchev–Trinajstić information content (AvgIpc) is 2.28. The zero-order chi connectivity index (χ0) is 12.0. The summed E-state index contributed by atoms with van der Waals surface area (Å²) in [6, 6.07) is 8.59. The minimum absolute atomic E-state index is 0.0851. The van der Waals surface area contributed by atoms with Gasteiger partial charge >= 0.3 is 0 Å². The highest BCUT2D eigenvalue weighted by Gasteiger charge is 2.05. The molecule has 0 fully saturated rings. The monoisotopic (exact) mass is 221 g/mol. The molecule has 0 saturated carbocycles. The van der Waals surface area contributed by atoms with Crippen LogP contribution in [0.2, 0.25) is 0 Å². The first-order chi connectivity index (χ1) is 7.63. The molecule has 1 atom stereocenters. The summed E-state index contributed by atoms with van der Waals surface area (Å²) >= 11 is 0. The van der Waals surface area contributed by atoms with E-state index in [1.54, 1.807) is 0 Å². The first kappa shape index (κ1) is 13.2. The fourth-order valence-electron chi connectivity index (χ4n) is 1.77. The molecule has 0 aromatic heterocycles. The summed E-state index contributed by atoms with van der Waals surface area (Å²) in [5.74, 6) is 0. The van der Waals surface area contributed by atoms with Crippen LogP contribution in [-0.2, 0) is 6.42 Å². The lowest BCUT2D eigenvalue weighted by molar-refractivity contribution is 0.316. The van der Waals surface area contributed by atoms with E-state index in [-0.39, 0.29) is 6.04 Å². The summed E-state index contributed by atoms with van der Waals surface area (Å²) in [7, 11) is 2.09. The second-order valence-corrected chi connectivity index (χ2v) is 4.43. The number of hydrogen-bond acceptors (Lipinski definition) is 3. The highest BCUT2D eigenvalue weighted by atomic mass is 15.1. The summed E-state index contributed by atoms with van der Waals surface area (Å²) in [4.78, 5) is 2.24. The summed E-state index contributed by atoms with van der Waals surface area (Å²) in [5, 5.41) is 0. The zero-order valence-corrected chi connectivity index (χ0v) is 10.3. The number of likely N-dealkylation sites (N-methyl/N-ethyl adjacent to an activating group) is 1. The van der Waals surface area contributed by atoms with Gasteiger partial charge in [-0.15, -0.1) is 0 Å². The molecule has 1 aromatic rings. The predicted molar refractivity (Wildman–Crippen MR) is 69.4 cm³/mol. The van der Waals surface area contributed by atoms with E-state index in [1.807, 2.05) is 0 Å². The molecule has 0 aliphatic heterocycles. The van der Waals surface area contributed by atoms with E-state index in [0.717, 1.165) is 19.5 Å². The van der Waals surface area contributed by atoms with Crippen LogP contribution >= 0.6 is 0 Å².